The minimum absolute atomic E-state index is 0.395. The molecular formula is C20H33BN2. The monoisotopic (exact) mass is 312 g/mol. The van der Waals surface area contributed by atoms with E-state index in [0.29, 0.717) is 6.04 Å². The molecule has 1 atom stereocenters. The van der Waals surface area contributed by atoms with Gasteiger partial charge in [-0.2, -0.15) is 0 Å². The Morgan fingerprint density at radius 1 is 1.26 bits per heavy atom. The maximum Gasteiger partial charge on any atom is 0.101 e. The van der Waals surface area contributed by atoms with Crippen molar-refractivity contribution in [2.45, 2.75) is 57.8 Å². The van der Waals surface area contributed by atoms with Crippen molar-refractivity contribution in [3.63, 3.8) is 0 Å². The second-order valence-corrected chi connectivity index (χ2v) is 8.08. The fourth-order valence-electron chi connectivity index (χ4n) is 3.98. The van der Waals surface area contributed by atoms with E-state index < -0.39 is 0 Å². The smallest absolute Gasteiger partial charge is 0.101 e. The summed E-state index contributed by atoms with van der Waals surface area (Å²) in [6.07, 6.45) is 9.18. The molecule has 2 nitrogen and oxygen atoms in total. The van der Waals surface area contributed by atoms with Gasteiger partial charge in [0, 0.05) is 25.7 Å². The third-order valence-electron chi connectivity index (χ3n) is 5.62. The molecule has 1 saturated carbocycles. The minimum Gasteiger partial charge on any atom is -0.327 e. The van der Waals surface area contributed by atoms with Crippen LogP contribution in [0, 0.1) is 18.8 Å². The third-order valence-corrected chi connectivity index (χ3v) is 5.62. The molecule has 2 aliphatic rings. The van der Waals surface area contributed by atoms with Crippen LogP contribution in [0.4, 0.5) is 0 Å². The van der Waals surface area contributed by atoms with Gasteiger partial charge in [0.1, 0.15) is 7.85 Å². The number of rotatable bonds is 9. The number of nitrogens with two attached hydrogens (primary N) is 1. The van der Waals surface area contributed by atoms with Gasteiger partial charge in [-0.3, -0.25) is 0 Å². The van der Waals surface area contributed by atoms with Crippen molar-refractivity contribution in [1.29, 1.82) is 0 Å². The molecule has 1 unspecified atom stereocenters. The second-order valence-electron chi connectivity index (χ2n) is 8.08. The predicted molar refractivity (Wildman–Crippen MR) is 102 cm³/mol. The Balaban J connectivity index is 1.37. The van der Waals surface area contributed by atoms with Crippen molar-refractivity contribution < 1.29 is 0 Å². The average Bonchev–Trinajstić information content (AvgIpc) is 3.29. The summed E-state index contributed by atoms with van der Waals surface area (Å²) in [5.74, 6) is 1.85. The van der Waals surface area contributed by atoms with Gasteiger partial charge in [-0.1, -0.05) is 37.4 Å². The number of nitrogens with zero attached hydrogens (tertiary/aromatic N) is 1. The third kappa shape index (κ3) is 5.09. The lowest BCUT2D eigenvalue weighted by Crippen LogP contribution is -2.52. The first-order valence-electron chi connectivity index (χ1n) is 9.70. The van der Waals surface area contributed by atoms with Gasteiger partial charge in [0.25, 0.3) is 0 Å². The molecule has 1 heterocycles. The van der Waals surface area contributed by atoms with Gasteiger partial charge >= 0.3 is 0 Å². The molecular weight excluding hydrogens is 279 g/mol. The van der Waals surface area contributed by atoms with Crippen molar-refractivity contribution in [3.05, 3.63) is 34.9 Å². The van der Waals surface area contributed by atoms with Gasteiger partial charge in [-0.05, 0) is 61.1 Å². The van der Waals surface area contributed by atoms with Crippen molar-refractivity contribution in [3.8, 4) is 0 Å². The van der Waals surface area contributed by atoms with Crippen LogP contribution in [0.3, 0.4) is 0 Å². The normalized spacial score (nSPS) is 20.4. The molecule has 2 fully saturated rings. The average molecular weight is 312 g/mol. The molecule has 0 spiro atoms. The highest BCUT2D eigenvalue weighted by Gasteiger charge is 2.29. The SMILES string of the molecule is BCCc1ccc(CC2CN(CC(N)CCC3CC3)C2)c(C)c1. The largest absolute Gasteiger partial charge is 0.327 e. The van der Waals surface area contributed by atoms with Gasteiger partial charge in [0.15, 0.2) is 0 Å². The number of aryl methyl sites for hydroxylation is 2. The van der Waals surface area contributed by atoms with Crippen LogP contribution in [0.25, 0.3) is 0 Å². The Labute approximate surface area is 143 Å². The molecule has 1 aromatic carbocycles. The van der Waals surface area contributed by atoms with E-state index in [1.54, 1.807) is 5.56 Å². The summed E-state index contributed by atoms with van der Waals surface area (Å²) in [5.41, 5.74) is 10.8. The fourth-order valence-corrected chi connectivity index (χ4v) is 3.98. The zero-order chi connectivity index (χ0) is 16.2. The molecule has 1 aliphatic heterocycles. The van der Waals surface area contributed by atoms with Crippen LogP contribution in [0.1, 0.15) is 42.4 Å². The molecule has 126 valence electrons. The highest BCUT2D eigenvalue weighted by molar-refractivity contribution is 6.08. The van der Waals surface area contributed by atoms with Gasteiger partial charge in [0.05, 0.1) is 0 Å². The van der Waals surface area contributed by atoms with Crippen LogP contribution in [0.2, 0.25) is 6.32 Å². The van der Waals surface area contributed by atoms with E-state index in [1.165, 1.54) is 69.1 Å². The van der Waals surface area contributed by atoms with Crippen LogP contribution in [-0.4, -0.2) is 38.4 Å². The Morgan fingerprint density at radius 2 is 2.04 bits per heavy atom. The quantitative estimate of drug-likeness (QED) is 0.710. The number of hydrogen-bond donors (Lipinski definition) is 1. The number of hydrogen-bond acceptors (Lipinski definition) is 2. The Morgan fingerprint density at radius 3 is 2.70 bits per heavy atom. The zero-order valence-corrected chi connectivity index (χ0v) is 15.1. The maximum absolute atomic E-state index is 6.29. The molecule has 3 heteroatoms. The summed E-state index contributed by atoms with van der Waals surface area (Å²) in [6.45, 7) is 5.87. The van der Waals surface area contributed by atoms with Crippen molar-refractivity contribution >= 4 is 7.85 Å². The van der Waals surface area contributed by atoms with Crippen molar-refractivity contribution in [2.24, 2.45) is 17.6 Å². The van der Waals surface area contributed by atoms with Crippen LogP contribution < -0.4 is 5.73 Å². The molecule has 0 aromatic heterocycles. The minimum atomic E-state index is 0.395. The van der Waals surface area contributed by atoms with E-state index in [-0.39, 0.29) is 0 Å². The van der Waals surface area contributed by atoms with Gasteiger partial charge in [0.2, 0.25) is 0 Å². The molecule has 0 amide bonds. The standard InChI is InChI=1S/C20H33BN2/c1-15-10-17(8-9-21)4-6-19(15)11-18-12-23(13-18)14-20(22)7-5-16-2-3-16/h4,6,10,16,18,20H,2-3,5,7-9,11-14,21-22H2,1H3. The van der Waals surface area contributed by atoms with Crippen molar-refractivity contribution in [2.75, 3.05) is 19.6 Å². The molecule has 1 aromatic rings. The molecule has 0 bridgehead atoms. The van der Waals surface area contributed by atoms with E-state index in [2.05, 4.69) is 37.9 Å². The maximum atomic E-state index is 6.29. The van der Waals surface area contributed by atoms with Crippen LogP contribution in [-0.2, 0) is 12.8 Å². The summed E-state index contributed by atoms with van der Waals surface area (Å²) < 4.78 is 0. The lowest BCUT2D eigenvalue weighted by atomic mass is 9.88. The van der Waals surface area contributed by atoms with Gasteiger partial charge in [-0.25, -0.2) is 0 Å². The Kier molecular flexibility index (Phi) is 5.82. The van der Waals surface area contributed by atoms with E-state index in [0.717, 1.165) is 18.4 Å². The predicted octanol–water partition coefficient (Wildman–Crippen LogP) is 2.58. The second kappa shape index (κ2) is 7.85. The Hall–Kier alpha value is -0.795. The fraction of sp³-hybridized carbons (Fsp3) is 0.700. The van der Waals surface area contributed by atoms with Gasteiger partial charge in [-0.15, -0.1) is 0 Å². The first-order valence-corrected chi connectivity index (χ1v) is 9.70. The first-order chi connectivity index (χ1) is 11.1. The number of likely N-dealkylation sites (tertiary alicyclic amines) is 1. The molecule has 0 radical (unpaired) electrons. The van der Waals surface area contributed by atoms with Crippen molar-refractivity contribution in [1.82, 2.24) is 4.90 Å². The molecule has 1 aliphatic carbocycles. The molecule has 3 rings (SSSR count). The van der Waals surface area contributed by atoms with E-state index in [9.17, 15) is 0 Å². The van der Waals surface area contributed by atoms with E-state index in [4.69, 9.17) is 5.73 Å². The van der Waals surface area contributed by atoms with Crippen LogP contribution in [0.15, 0.2) is 18.2 Å². The highest BCUT2D eigenvalue weighted by atomic mass is 15.2. The highest BCUT2D eigenvalue weighted by Crippen LogP contribution is 2.34. The summed E-state index contributed by atoms with van der Waals surface area (Å²) in [6, 6.07) is 7.48. The lowest BCUT2D eigenvalue weighted by Gasteiger charge is -2.41. The first kappa shape index (κ1) is 17.0. The summed E-state index contributed by atoms with van der Waals surface area (Å²) in [5, 5.41) is 0. The summed E-state index contributed by atoms with van der Waals surface area (Å²) in [4.78, 5) is 2.56. The topological polar surface area (TPSA) is 29.3 Å². The molecule has 23 heavy (non-hydrogen) atoms. The summed E-state index contributed by atoms with van der Waals surface area (Å²) >= 11 is 0. The molecule has 1 saturated heterocycles. The number of benzene rings is 1. The Bertz CT molecular complexity index is 506. The summed E-state index contributed by atoms with van der Waals surface area (Å²) in [7, 11) is 2.25. The van der Waals surface area contributed by atoms with Crippen LogP contribution in [0.5, 0.6) is 0 Å². The van der Waals surface area contributed by atoms with Gasteiger partial charge < -0.3 is 10.6 Å². The van der Waals surface area contributed by atoms with E-state index >= 15 is 0 Å². The molecule has 2 N–H and O–H groups in total. The van der Waals surface area contributed by atoms with Crippen LogP contribution >= 0.6 is 0 Å². The zero-order valence-electron chi connectivity index (χ0n) is 15.1. The van der Waals surface area contributed by atoms with E-state index in [1.807, 2.05) is 0 Å². The lowest BCUT2D eigenvalue weighted by molar-refractivity contribution is 0.0919.